The van der Waals surface area contributed by atoms with Gasteiger partial charge in [0.25, 0.3) is 0 Å². The molecule has 0 aliphatic rings. The first-order chi connectivity index (χ1) is 9.74. The largest absolute Gasteiger partial charge is 0.493 e. The molecule has 0 fully saturated rings. The summed E-state index contributed by atoms with van der Waals surface area (Å²) < 4.78 is 10.5. The van der Waals surface area contributed by atoms with Crippen molar-refractivity contribution in [2.45, 2.75) is 18.9 Å². The van der Waals surface area contributed by atoms with Crippen LogP contribution in [0.25, 0.3) is 0 Å². The molecule has 0 aliphatic carbocycles. The van der Waals surface area contributed by atoms with Gasteiger partial charge in [0.2, 0.25) is 0 Å². The van der Waals surface area contributed by atoms with Gasteiger partial charge in [0, 0.05) is 6.04 Å². The molecule has 2 N–H and O–H groups in total. The van der Waals surface area contributed by atoms with Gasteiger partial charge < -0.3 is 15.2 Å². The lowest BCUT2D eigenvalue weighted by atomic mass is 9.99. The van der Waals surface area contributed by atoms with E-state index in [4.69, 9.17) is 15.2 Å². The predicted molar refractivity (Wildman–Crippen MR) is 88.5 cm³/mol. The third-order valence-corrected chi connectivity index (χ3v) is 3.42. The molecule has 2 aromatic carbocycles. The van der Waals surface area contributed by atoms with Crippen LogP contribution in [0.15, 0.2) is 48.5 Å². The number of hydrogen-bond donors (Lipinski definition) is 1. The van der Waals surface area contributed by atoms with Crippen LogP contribution in [0.3, 0.4) is 0 Å². The maximum absolute atomic E-state index is 6.21. The van der Waals surface area contributed by atoms with Gasteiger partial charge in [0.05, 0.1) is 14.2 Å². The van der Waals surface area contributed by atoms with Crippen LogP contribution in [0, 0.1) is 0 Å². The summed E-state index contributed by atoms with van der Waals surface area (Å²) >= 11 is 0. The molecule has 0 amide bonds. The average Bonchev–Trinajstić information content (AvgIpc) is 2.53. The van der Waals surface area contributed by atoms with Crippen molar-refractivity contribution in [2.24, 2.45) is 5.73 Å². The van der Waals surface area contributed by atoms with Crippen molar-refractivity contribution in [3.63, 3.8) is 0 Å². The van der Waals surface area contributed by atoms with E-state index in [0.29, 0.717) is 0 Å². The highest BCUT2D eigenvalue weighted by Gasteiger charge is 2.08. The zero-order chi connectivity index (χ0) is 14.4. The van der Waals surface area contributed by atoms with Crippen LogP contribution in [0.5, 0.6) is 11.5 Å². The van der Waals surface area contributed by atoms with Gasteiger partial charge in [-0.05, 0) is 36.1 Å². The van der Waals surface area contributed by atoms with Crippen LogP contribution < -0.4 is 15.2 Å². The number of nitrogens with two attached hydrogens (primary N) is 1. The van der Waals surface area contributed by atoms with Gasteiger partial charge >= 0.3 is 0 Å². The Labute approximate surface area is 132 Å². The monoisotopic (exact) mass is 307 g/mol. The minimum atomic E-state index is 0. The highest BCUT2D eigenvalue weighted by molar-refractivity contribution is 5.85. The Hall–Kier alpha value is -1.71. The Morgan fingerprint density at radius 1 is 0.952 bits per heavy atom. The lowest BCUT2D eigenvalue weighted by molar-refractivity contribution is 0.354. The summed E-state index contributed by atoms with van der Waals surface area (Å²) in [6.45, 7) is 0. The van der Waals surface area contributed by atoms with Crippen LogP contribution in [-0.4, -0.2) is 14.2 Å². The topological polar surface area (TPSA) is 44.5 Å². The van der Waals surface area contributed by atoms with E-state index in [-0.39, 0.29) is 18.4 Å². The summed E-state index contributed by atoms with van der Waals surface area (Å²) in [7, 11) is 3.29. The Morgan fingerprint density at radius 2 is 1.62 bits per heavy atom. The zero-order valence-corrected chi connectivity index (χ0v) is 13.2. The summed E-state index contributed by atoms with van der Waals surface area (Å²) in [4.78, 5) is 0. The molecule has 4 heteroatoms. The first-order valence-corrected chi connectivity index (χ1v) is 6.76. The Balaban J connectivity index is 0.00000220. The average molecular weight is 308 g/mol. The highest BCUT2D eigenvalue weighted by Crippen LogP contribution is 2.28. The van der Waals surface area contributed by atoms with Crippen LogP contribution in [0.1, 0.15) is 23.6 Å². The predicted octanol–water partition coefficient (Wildman–Crippen LogP) is 3.76. The molecule has 0 aliphatic heterocycles. The molecule has 0 bridgehead atoms. The normalized spacial score (nSPS) is 11.4. The summed E-state index contributed by atoms with van der Waals surface area (Å²) in [5.74, 6) is 1.52. The first kappa shape index (κ1) is 17.3. The second-order valence-corrected chi connectivity index (χ2v) is 4.75. The molecule has 21 heavy (non-hydrogen) atoms. The second kappa shape index (κ2) is 8.55. The van der Waals surface area contributed by atoms with E-state index < -0.39 is 0 Å². The molecule has 3 nitrogen and oxygen atoms in total. The van der Waals surface area contributed by atoms with Crippen molar-refractivity contribution in [1.29, 1.82) is 0 Å². The first-order valence-electron chi connectivity index (χ1n) is 6.76. The van der Waals surface area contributed by atoms with E-state index in [0.717, 1.165) is 24.3 Å². The van der Waals surface area contributed by atoms with Crippen molar-refractivity contribution < 1.29 is 9.47 Å². The molecule has 0 saturated heterocycles. The number of hydrogen-bond acceptors (Lipinski definition) is 3. The number of halogens is 1. The van der Waals surface area contributed by atoms with Gasteiger partial charge in [0.15, 0.2) is 11.5 Å². The Morgan fingerprint density at radius 3 is 2.24 bits per heavy atom. The molecule has 2 aromatic rings. The molecule has 0 aromatic heterocycles. The Bertz CT molecular complexity index is 546. The van der Waals surface area contributed by atoms with Crippen molar-refractivity contribution in [3.05, 3.63) is 59.7 Å². The van der Waals surface area contributed by atoms with Crippen LogP contribution >= 0.6 is 12.4 Å². The van der Waals surface area contributed by atoms with Crippen molar-refractivity contribution in [1.82, 2.24) is 0 Å². The van der Waals surface area contributed by atoms with Gasteiger partial charge in [-0.15, -0.1) is 12.4 Å². The quantitative estimate of drug-likeness (QED) is 0.884. The van der Waals surface area contributed by atoms with E-state index >= 15 is 0 Å². The maximum Gasteiger partial charge on any atom is 0.160 e. The standard InChI is InChI=1S/C17H21NO2.ClH/c1-19-16-11-9-13(12-17(16)20-2)8-10-15(18)14-6-4-3-5-7-14;/h3-7,9,11-12,15H,8,10,18H2,1-2H3;1H. The van der Waals surface area contributed by atoms with Gasteiger partial charge in [-0.3, -0.25) is 0 Å². The number of benzene rings is 2. The highest BCUT2D eigenvalue weighted by atomic mass is 35.5. The molecule has 1 atom stereocenters. The van der Waals surface area contributed by atoms with Gasteiger partial charge in [-0.1, -0.05) is 36.4 Å². The minimum absolute atomic E-state index is 0. The SMILES string of the molecule is COc1ccc(CCC(N)c2ccccc2)cc1OC.Cl. The summed E-state index contributed by atoms with van der Waals surface area (Å²) in [6, 6.07) is 16.2. The van der Waals surface area contributed by atoms with Gasteiger partial charge in [-0.2, -0.15) is 0 Å². The fourth-order valence-electron chi connectivity index (χ4n) is 2.23. The number of methoxy groups -OCH3 is 2. The molecule has 114 valence electrons. The van der Waals surface area contributed by atoms with Crippen LogP contribution in [-0.2, 0) is 6.42 Å². The van der Waals surface area contributed by atoms with Crippen molar-refractivity contribution in [3.8, 4) is 11.5 Å². The van der Waals surface area contributed by atoms with Crippen LogP contribution in [0.4, 0.5) is 0 Å². The molecular formula is C17H22ClNO2. The van der Waals surface area contributed by atoms with Crippen molar-refractivity contribution >= 4 is 12.4 Å². The summed E-state index contributed by atoms with van der Waals surface area (Å²) in [6.07, 6.45) is 1.82. The van der Waals surface area contributed by atoms with Gasteiger partial charge in [-0.25, -0.2) is 0 Å². The van der Waals surface area contributed by atoms with E-state index in [1.54, 1.807) is 14.2 Å². The number of ether oxygens (including phenoxy) is 2. The molecule has 0 radical (unpaired) electrons. The fraction of sp³-hybridized carbons (Fsp3) is 0.294. The zero-order valence-electron chi connectivity index (χ0n) is 12.4. The summed E-state index contributed by atoms with van der Waals surface area (Å²) in [5, 5.41) is 0. The van der Waals surface area contributed by atoms with E-state index in [9.17, 15) is 0 Å². The number of aryl methyl sites for hydroxylation is 1. The molecule has 2 rings (SSSR count). The minimum Gasteiger partial charge on any atom is -0.493 e. The number of rotatable bonds is 6. The molecule has 0 spiro atoms. The van der Waals surface area contributed by atoms with E-state index in [1.807, 2.05) is 30.3 Å². The Kier molecular flexibility index (Phi) is 7.06. The lowest BCUT2D eigenvalue weighted by Crippen LogP contribution is -2.11. The van der Waals surface area contributed by atoms with Gasteiger partial charge in [0.1, 0.15) is 0 Å². The lowest BCUT2D eigenvalue weighted by Gasteiger charge is -2.13. The third kappa shape index (κ3) is 4.66. The molecule has 0 heterocycles. The summed E-state index contributed by atoms with van der Waals surface area (Å²) in [5.41, 5.74) is 8.59. The van der Waals surface area contributed by atoms with E-state index in [2.05, 4.69) is 18.2 Å². The second-order valence-electron chi connectivity index (χ2n) is 4.75. The molecular weight excluding hydrogens is 286 g/mol. The third-order valence-electron chi connectivity index (χ3n) is 3.42. The van der Waals surface area contributed by atoms with Crippen molar-refractivity contribution in [2.75, 3.05) is 14.2 Å². The molecule has 1 unspecified atom stereocenters. The fourth-order valence-corrected chi connectivity index (χ4v) is 2.23. The maximum atomic E-state index is 6.21. The smallest absolute Gasteiger partial charge is 0.160 e. The van der Waals surface area contributed by atoms with E-state index in [1.165, 1.54) is 11.1 Å². The van der Waals surface area contributed by atoms with Crippen LogP contribution in [0.2, 0.25) is 0 Å². The molecule has 0 saturated carbocycles.